The van der Waals surface area contributed by atoms with E-state index >= 15 is 0 Å². The normalized spacial score (nSPS) is 14.6. The minimum atomic E-state index is -0.231. The van der Waals surface area contributed by atoms with Crippen LogP contribution in [-0.2, 0) is 11.3 Å². The molecule has 0 radical (unpaired) electrons. The van der Waals surface area contributed by atoms with E-state index in [0.29, 0.717) is 19.7 Å². The number of carbonyl (C=O) groups is 1. The highest BCUT2D eigenvalue weighted by molar-refractivity contribution is 9.10. The van der Waals surface area contributed by atoms with Crippen molar-refractivity contribution in [2.75, 3.05) is 31.1 Å². The van der Waals surface area contributed by atoms with E-state index in [-0.39, 0.29) is 6.09 Å². The summed E-state index contributed by atoms with van der Waals surface area (Å²) in [6.45, 7) is 5.45. The van der Waals surface area contributed by atoms with Gasteiger partial charge < -0.3 is 14.5 Å². The first-order valence-corrected chi connectivity index (χ1v) is 8.89. The monoisotopic (exact) mass is 388 g/mol. The maximum atomic E-state index is 12.2. The van der Waals surface area contributed by atoms with Crippen molar-refractivity contribution in [3.63, 3.8) is 0 Å². The minimum Gasteiger partial charge on any atom is -0.445 e. The van der Waals surface area contributed by atoms with Gasteiger partial charge in [0.1, 0.15) is 6.61 Å². The predicted octanol–water partition coefficient (Wildman–Crippen LogP) is 4.22. The molecular formula is C19H21BrN2O2. The van der Waals surface area contributed by atoms with E-state index in [2.05, 4.69) is 46.0 Å². The molecule has 4 nitrogen and oxygen atoms in total. The van der Waals surface area contributed by atoms with Gasteiger partial charge in [-0.15, -0.1) is 0 Å². The number of carbonyl (C=O) groups excluding carboxylic acids is 1. The quantitative estimate of drug-likeness (QED) is 0.788. The molecule has 1 fully saturated rings. The third-order valence-electron chi connectivity index (χ3n) is 4.24. The summed E-state index contributed by atoms with van der Waals surface area (Å²) in [6, 6.07) is 16.1. The van der Waals surface area contributed by atoms with E-state index in [0.717, 1.165) is 23.1 Å². The molecule has 1 aliphatic heterocycles. The van der Waals surface area contributed by atoms with E-state index in [1.807, 2.05) is 30.3 Å². The van der Waals surface area contributed by atoms with E-state index in [9.17, 15) is 4.79 Å². The molecule has 1 heterocycles. The maximum absolute atomic E-state index is 12.2. The molecule has 1 aliphatic rings. The SMILES string of the molecule is Cc1cc(Br)ccc1N1CCN(C(=O)OCc2ccccc2)CC1. The number of benzene rings is 2. The molecule has 2 aromatic rings. The number of piperazine rings is 1. The molecule has 1 saturated heterocycles. The largest absolute Gasteiger partial charge is 0.445 e. The van der Waals surface area contributed by atoms with Crippen molar-refractivity contribution >= 4 is 27.7 Å². The molecule has 126 valence electrons. The molecule has 2 aromatic carbocycles. The summed E-state index contributed by atoms with van der Waals surface area (Å²) in [5, 5.41) is 0. The van der Waals surface area contributed by atoms with Gasteiger partial charge in [-0.05, 0) is 36.2 Å². The highest BCUT2D eigenvalue weighted by Crippen LogP contribution is 2.25. The van der Waals surface area contributed by atoms with Gasteiger partial charge in [-0.25, -0.2) is 4.79 Å². The standard InChI is InChI=1S/C19H21BrN2O2/c1-15-13-17(20)7-8-18(15)21-9-11-22(12-10-21)19(23)24-14-16-5-3-2-4-6-16/h2-8,13H,9-12,14H2,1H3. The van der Waals surface area contributed by atoms with Crippen molar-refractivity contribution < 1.29 is 9.53 Å². The van der Waals surface area contributed by atoms with Crippen molar-refractivity contribution in [3.05, 3.63) is 64.1 Å². The molecular weight excluding hydrogens is 368 g/mol. The van der Waals surface area contributed by atoms with Crippen LogP contribution in [-0.4, -0.2) is 37.2 Å². The summed E-state index contributed by atoms with van der Waals surface area (Å²) in [5.74, 6) is 0. The van der Waals surface area contributed by atoms with Gasteiger partial charge >= 0.3 is 6.09 Å². The van der Waals surface area contributed by atoms with Gasteiger partial charge in [-0.1, -0.05) is 46.3 Å². The molecule has 0 atom stereocenters. The Kier molecular flexibility index (Phi) is 5.41. The lowest BCUT2D eigenvalue weighted by Gasteiger charge is -2.36. The lowest BCUT2D eigenvalue weighted by atomic mass is 10.1. The summed E-state index contributed by atoms with van der Waals surface area (Å²) in [7, 11) is 0. The number of amides is 1. The molecule has 0 aliphatic carbocycles. The number of rotatable bonds is 3. The first-order chi connectivity index (χ1) is 11.6. The Morgan fingerprint density at radius 2 is 1.79 bits per heavy atom. The van der Waals surface area contributed by atoms with Gasteiger partial charge in [0.05, 0.1) is 0 Å². The van der Waals surface area contributed by atoms with E-state index in [4.69, 9.17) is 4.74 Å². The zero-order chi connectivity index (χ0) is 16.9. The van der Waals surface area contributed by atoms with Gasteiger partial charge in [-0.3, -0.25) is 0 Å². The molecule has 0 unspecified atom stereocenters. The Morgan fingerprint density at radius 3 is 2.46 bits per heavy atom. The van der Waals surface area contributed by atoms with Gasteiger partial charge in [0.25, 0.3) is 0 Å². The van der Waals surface area contributed by atoms with Crippen LogP contribution in [0.2, 0.25) is 0 Å². The topological polar surface area (TPSA) is 32.8 Å². The molecule has 0 bridgehead atoms. The summed E-state index contributed by atoms with van der Waals surface area (Å²) >= 11 is 3.50. The predicted molar refractivity (Wildman–Crippen MR) is 99.3 cm³/mol. The Labute approximate surface area is 151 Å². The van der Waals surface area contributed by atoms with Gasteiger partial charge in [0.2, 0.25) is 0 Å². The van der Waals surface area contributed by atoms with Crippen LogP contribution in [0.4, 0.5) is 10.5 Å². The average molecular weight is 389 g/mol. The van der Waals surface area contributed by atoms with Crippen LogP contribution in [0.3, 0.4) is 0 Å². The second-order valence-corrected chi connectivity index (χ2v) is 6.86. The first kappa shape index (κ1) is 16.8. The summed E-state index contributed by atoms with van der Waals surface area (Å²) in [5.41, 5.74) is 3.48. The van der Waals surface area contributed by atoms with Crippen LogP contribution in [0.15, 0.2) is 53.0 Å². The second-order valence-electron chi connectivity index (χ2n) is 5.95. The Hall–Kier alpha value is -2.01. The lowest BCUT2D eigenvalue weighted by molar-refractivity contribution is 0.0942. The average Bonchev–Trinajstić information content (AvgIpc) is 2.61. The summed E-state index contributed by atoms with van der Waals surface area (Å²) in [6.07, 6.45) is -0.231. The number of hydrogen-bond acceptors (Lipinski definition) is 3. The molecule has 0 N–H and O–H groups in total. The van der Waals surface area contributed by atoms with Gasteiger partial charge in [-0.2, -0.15) is 0 Å². The second kappa shape index (κ2) is 7.71. The van der Waals surface area contributed by atoms with E-state index in [1.165, 1.54) is 11.3 Å². The lowest BCUT2D eigenvalue weighted by Crippen LogP contribution is -2.49. The van der Waals surface area contributed by atoms with E-state index in [1.54, 1.807) is 4.90 Å². The summed E-state index contributed by atoms with van der Waals surface area (Å²) < 4.78 is 6.50. The summed E-state index contributed by atoms with van der Waals surface area (Å²) in [4.78, 5) is 16.3. The molecule has 3 rings (SSSR count). The highest BCUT2D eigenvalue weighted by atomic mass is 79.9. The smallest absolute Gasteiger partial charge is 0.410 e. The van der Waals surface area contributed by atoms with Crippen molar-refractivity contribution in [2.24, 2.45) is 0 Å². The molecule has 5 heteroatoms. The third-order valence-corrected chi connectivity index (χ3v) is 4.74. The number of aryl methyl sites for hydroxylation is 1. The number of halogens is 1. The Balaban J connectivity index is 1.52. The maximum Gasteiger partial charge on any atom is 0.410 e. The van der Waals surface area contributed by atoms with Crippen molar-refractivity contribution in [2.45, 2.75) is 13.5 Å². The van der Waals surface area contributed by atoms with Crippen LogP contribution in [0, 0.1) is 6.92 Å². The highest BCUT2D eigenvalue weighted by Gasteiger charge is 2.23. The number of anilines is 1. The number of nitrogens with zero attached hydrogens (tertiary/aromatic N) is 2. The number of ether oxygens (including phenoxy) is 1. The fourth-order valence-corrected chi connectivity index (χ4v) is 3.39. The first-order valence-electron chi connectivity index (χ1n) is 8.10. The fourth-order valence-electron chi connectivity index (χ4n) is 2.91. The Morgan fingerprint density at radius 1 is 1.08 bits per heavy atom. The van der Waals surface area contributed by atoms with Crippen molar-refractivity contribution in [1.82, 2.24) is 4.90 Å². The van der Waals surface area contributed by atoms with Crippen molar-refractivity contribution in [3.8, 4) is 0 Å². The van der Waals surface area contributed by atoms with Gasteiger partial charge in [0, 0.05) is 36.3 Å². The van der Waals surface area contributed by atoms with Gasteiger partial charge in [0.15, 0.2) is 0 Å². The zero-order valence-electron chi connectivity index (χ0n) is 13.7. The van der Waals surface area contributed by atoms with Crippen molar-refractivity contribution in [1.29, 1.82) is 0 Å². The fraction of sp³-hybridized carbons (Fsp3) is 0.316. The molecule has 1 amide bonds. The minimum absolute atomic E-state index is 0.231. The van der Waals surface area contributed by atoms with Crippen LogP contribution in [0.5, 0.6) is 0 Å². The Bertz CT molecular complexity index is 698. The molecule has 24 heavy (non-hydrogen) atoms. The van der Waals surface area contributed by atoms with E-state index < -0.39 is 0 Å². The van der Waals surface area contributed by atoms with Crippen LogP contribution >= 0.6 is 15.9 Å². The third kappa shape index (κ3) is 4.09. The van der Waals surface area contributed by atoms with Crippen LogP contribution in [0.25, 0.3) is 0 Å². The number of hydrogen-bond donors (Lipinski definition) is 0. The molecule has 0 saturated carbocycles. The zero-order valence-corrected chi connectivity index (χ0v) is 15.3. The molecule has 0 aromatic heterocycles. The molecule has 0 spiro atoms. The van der Waals surface area contributed by atoms with Crippen LogP contribution in [0.1, 0.15) is 11.1 Å². The van der Waals surface area contributed by atoms with Crippen LogP contribution < -0.4 is 4.90 Å².